The summed E-state index contributed by atoms with van der Waals surface area (Å²) in [6, 6.07) is 0.627. The van der Waals surface area contributed by atoms with Gasteiger partial charge in [-0.3, -0.25) is 4.79 Å². The van der Waals surface area contributed by atoms with E-state index in [1.165, 1.54) is 12.8 Å². The van der Waals surface area contributed by atoms with Gasteiger partial charge in [0.2, 0.25) is 0 Å². The number of hydrogen-bond acceptors (Lipinski definition) is 2. The molecule has 14 heavy (non-hydrogen) atoms. The molecule has 1 aliphatic carbocycles. The van der Waals surface area contributed by atoms with Gasteiger partial charge in [-0.25, -0.2) is 0 Å². The molecule has 3 nitrogen and oxygen atoms in total. The minimum Gasteiger partial charge on any atom is -0.481 e. The number of carboxylic acids is 1. The van der Waals surface area contributed by atoms with Crippen molar-refractivity contribution in [2.75, 3.05) is 13.6 Å². The van der Waals surface area contributed by atoms with Crippen molar-refractivity contribution in [2.24, 2.45) is 11.8 Å². The topological polar surface area (TPSA) is 40.5 Å². The first-order valence-corrected chi connectivity index (χ1v) is 5.42. The van der Waals surface area contributed by atoms with E-state index in [1.54, 1.807) is 0 Å². The minimum atomic E-state index is -0.698. The predicted molar refractivity (Wildman–Crippen MR) is 56.2 cm³/mol. The molecule has 0 aromatic carbocycles. The van der Waals surface area contributed by atoms with Crippen molar-refractivity contribution in [3.05, 3.63) is 0 Å². The van der Waals surface area contributed by atoms with Gasteiger partial charge in [0.15, 0.2) is 0 Å². The number of nitrogens with zero attached hydrogens (tertiary/aromatic N) is 1. The summed E-state index contributed by atoms with van der Waals surface area (Å²) < 4.78 is 0. The van der Waals surface area contributed by atoms with E-state index in [-0.39, 0.29) is 6.42 Å². The normalized spacial score (nSPS) is 26.6. The number of carbonyl (C=O) groups is 1. The number of rotatable bonds is 5. The van der Waals surface area contributed by atoms with Crippen molar-refractivity contribution in [3.63, 3.8) is 0 Å². The Morgan fingerprint density at radius 1 is 1.50 bits per heavy atom. The first-order valence-electron chi connectivity index (χ1n) is 5.42. The molecule has 0 saturated heterocycles. The van der Waals surface area contributed by atoms with E-state index < -0.39 is 5.97 Å². The van der Waals surface area contributed by atoms with E-state index in [0.29, 0.717) is 12.6 Å². The lowest BCUT2D eigenvalue weighted by Crippen LogP contribution is -2.44. The predicted octanol–water partition coefficient (Wildman–Crippen LogP) is 1.83. The van der Waals surface area contributed by atoms with Gasteiger partial charge in [0.1, 0.15) is 0 Å². The molecule has 0 amide bonds. The first-order chi connectivity index (χ1) is 6.50. The fourth-order valence-electron chi connectivity index (χ4n) is 1.99. The maximum atomic E-state index is 10.4. The van der Waals surface area contributed by atoms with Crippen molar-refractivity contribution in [2.45, 2.75) is 39.2 Å². The van der Waals surface area contributed by atoms with Crippen molar-refractivity contribution in [1.29, 1.82) is 0 Å². The molecule has 3 heteroatoms. The average Bonchev–Trinajstić information content (AvgIpc) is 1.97. The molecule has 0 aliphatic heterocycles. The molecular formula is C11H21NO2. The maximum absolute atomic E-state index is 10.4. The molecule has 0 unspecified atom stereocenters. The molecule has 0 aromatic rings. The lowest BCUT2D eigenvalue weighted by molar-refractivity contribution is -0.137. The van der Waals surface area contributed by atoms with Gasteiger partial charge in [-0.1, -0.05) is 13.8 Å². The third-order valence-electron chi connectivity index (χ3n) is 3.39. The summed E-state index contributed by atoms with van der Waals surface area (Å²) in [4.78, 5) is 12.6. The third-order valence-corrected chi connectivity index (χ3v) is 3.39. The Hall–Kier alpha value is -0.570. The lowest BCUT2D eigenvalue weighted by atomic mass is 9.73. The fraction of sp³-hybridized carbons (Fsp3) is 0.909. The van der Waals surface area contributed by atoms with E-state index in [0.717, 1.165) is 11.8 Å². The largest absolute Gasteiger partial charge is 0.481 e. The van der Waals surface area contributed by atoms with Crippen molar-refractivity contribution in [1.82, 2.24) is 4.90 Å². The van der Waals surface area contributed by atoms with Gasteiger partial charge in [0.05, 0.1) is 6.42 Å². The van der Waals surface area contributed by atoms with Gasteiger partial charge in [-0.15, -0.1) is 0 Å². The Morgan fingerprint density at radius 2 is 2.07 bits per heavy atom. The van der Waals surface area contributed by atoms with Crippen LogP contribution < -0.4 is 0 Å². The van der Waals surface area contributed by atoms with Gasteiger partial charge >= 0.3 is 5.97 Å². The summed E-state index contributed by atoms with van der Waals surface area (Å²) in [7, 11) is 2.03. The summed E-state index contributed by atoms with van der Waals surface area (Å²) >= 11 is 0. The van der Waals surface area contributed by atoms with Gasteiger partial charge in [-0.05, 0) is 31.7 Å². The smallest absolute Gasteiger partial charge is 0.304 e. The summed E-state index contributed by atoms with van der Waals surface area (Å²) in [5.74, 6) is 0.933. The highest BCUT2D eigenvalue weighted by atomic mass is 16.4. The van der Waals surface area contributed by atoms with E-state index in [4.69, 9.17) is 5.11 Å². The molecule has 1 aliphatic rings. The van der Waals surface area contributed by atoms with Crippen LogP contribution in [0.3, 0.4) is 0 Å². The standard InChI is InChI=1S/C11H21NO2/c1-8(2)9-6-10(7-9)12(3)5-4-11(13)14/h8-10H,4-7H2,1-3H3,(H,13,14). The van der Waals surface area contributed by atoms with Crippen LogP contribution >= 0.6 is 0 Å². The Kier molecular flexibility index (Phi) is 3.93. The molecule has 0 atom stereocenters. The van der Waals surface area contributed by atoms with Gasteiger partial charge in [0, 0.05) is 12.6 Å². The minimum absolute atomic E-state index is 0.263. The van der Waals surface area contributed by atoms with Crippen LogP contribution in [0.25, 0.3) is 0 Å². The van der Waals surface area contributed by atoms with Crippen LogP contribution in [-0.2, 0) is 4.79 Å². The van der Waals surface area contributed by atoms with E-state index >= 15 is 0 Å². The molecule has 0 radical (unpaired) electrons. The molecule has 1 fully saturated rings. The second kappa shape index (κ2) is 4.78. The zero-order valence-electron chi connectivity index (χ0n) is 9.36. The Morgan fingerprint density at radius 3 is 2.50 bits per heavy atom. The Labute approximate surface area is 86.1 Å². The van der Waals surface area contributed by atoms with E-state index in [2.05, 4.69) is 18.7 Å². The number of carboxylic acid groups (broad SMARTS) is 1. The monoisotopic (exact) mass is 199 g/mol. The van der Waals surface area contributed by atoms with Crippen LogP contribution in [-0.4, -0.2) is 35.6 Å². The zero-order valence-corrected chi connectivity index (χ0v) is 9.36. The van der Waals surface area contributed by atoms with Crippen LogP contribution in [0.15, 0.2) is 0 Å². The first kappa shape index (κ1) is 11.5. The maximum Gasteiger partial charge on any atom is 0.304 e. The highest BCUT2D eigenvalue weighted by Crippen LogP contribution is 2.36. The molecule has 0 spiro atoms. The molecule has 1 N–H and O–H groups in total. The Balaban J connectivity index is 2.16. The summed E-state index contributed by atoms with van der Waals surface area (Å²) in [5.41, 5.74) is 0. The second-order valence-electron chi connectivity index (χ2n) is 4.75. The summed E-state index contributed by atoms with van der Waals surface area (Å²) in [6.45, 7) is 5.21. The molecule has 0 aromatic heterocycles. The molecule has 1 saturated carbocycles. The zero-order chi connectivity index (χ0) is 10.7. The molecule has 1 rings (SSSR count). The van der Waals surface area contributed by atoms with Crippen molar-refractivity contribution >= 4 is 5.97 Å². The van der Waals surface area contributed by atoms with E-state index in [9.17, 15) is 4.79 Å². The van der Waals surface area contributed by atoms with E-state index in [1.807, 2.05) is 7.05 Å². The fourth-order valence-corrected chi connectivity index (χ4v) is 1.99. The van der Waals surface area contributed by atoms with Crippen LogP contribution in [0.5, 0.6) is 0 Å². The highest BCUT2D eigenvalue weighted by molar-refractivity contribution is 5.66. The van der Waals surface area contributed by atoms with Gasteiger partial charge in [0.25, 0.3) is 0 Å². The number of aliphatic carboxylic acids is 1. The van der Waals surface area contributed by atoms with Crippen LogP contribution in [0.2, 0.25) is 0 Å². The molecule has 0 heterocycles. The summed E-state index contributed by atoms with van der Waals surface area (Å²) in [6.07, 6.45) is 2.75. The van der Waals surface area contributed by atoms with Crippen LogP contribution in [0.1, 0.15) is 33.1 Å². The Bertz CT molecular complexity index is 197. The van der Waals surface area contributed by atoms with Gasteiger partial charge < -0.3 is 10.0 Å². The van der Waals surface area contributed by atoms with Crippen molar-refractivity contribution < 1.29 is 9.90 Å². The van der Waals surface area contributed by atoms with Crippen LogP contribution in [0.4, 0.5) is 0 Å². The third kappa shape index (κ3) is 2.98. The van der Waals surface area contributed by atoms with Crippen LogP contribution in [0, 0.1) is 11.8 Å². The SMILES string of the molecule is CC(C)C1CC(N(C)CCC(=O)O)C1. The quantitative estimate of drug-likeness (QED) is 0.734. The second-order valence-corrected chi connectivity index (χ2v) is 4.75. The highest BCUT2D eigenvalue weighted by Gasteiger charge is 2.33. The molecule has 0 bridgehead atoms. The molecular weight excluding hydrogens is 178 g/mol. The van der Waals surface area contributed by atoms with Crippen molar-refractivity contribution in [3.8, 4) is 0 Å². The number of hydrogen-bond donors (Lipinski definition) is 1. The average molecular weight is 199 g/mol. The lowest BCUT2D eigenvalue weighted by Gasteiger charge is -2.43. The molecule has 82 valence electrons. The summed E-state index contributed by atoms with van der Waals surface area (Å²) in [5, 5.41) is 8.55. The van der Waals surface area contributed by atoms with Gasteiger partial charge in [-0.2, -0.15) is 0 Å².